The van der Waals surface area contributed by atoms with Crippen LogP contribution in [0.3, 0.4) is 0 Å². The maximum Gasteiger partial charge on any atom is 0.416 e. The summed E-state index contributed by atoms with van der Waals surface area (Å²) in [6.45, 7) is 1.44. The lowest BCUT2D eigenvalue weighted by Crippen LogP contribution is -2.15. The number of halogens is 11. The van der Waals surface area contributed by atoms with E-state index < -0.39 is 52.4 Å². The minimum atomic E-state index is -5.02. The van der Waals surface area contributed by atoms with Crippen LogP contribution in [0.1, 0.15) is 113 Å². The number of unbranched alkanes of at least 4 members (excludes halogenated alkanes) is 1. The number of aromatic amines is 2. The number of amidine groups is 4. The number of aliphatic imine (C=N–C) groups is 4. The number of alkyl halides is 11. The molecule has 0 unspecified atom stereocenters. The monoisotopic (exact) mass is 1470 g/mol. The second-order valence-electron chi connectivity index (χ2n) is 25.9. The van der Waals surface area contributed by atoms with Gasteiger partial charge in [0, 0.05) is 105 Å². The van der Waals surface area contributed by atoms with Crippen LogP contribution in [0.4, 0.5) is 71.0 Å². The van der Waals surface area contributed by atoms with Gasteiger partial charge in [-0.2, -0.15) is 39.5 Å². The highest BCUT2D eigenvalue weighted by Crippen LogP contribution is 2.43. The lowest BCUT2D eigenvalue weighted by molar-refractivity contribution is -0.143. The van der Waals surface area contributed by atoms with Crippen LogP contribution in [-0.4, -0.2) is 46.5 Å². The van der Waals surface area contributed by atoms with Gasteiger partial charge in [0.05, 0.1) is 52.7 Å². The van der Waals surface area contributed by atoms with E-state index in [2.05, 4.69) is 36.2 Å². The number of hydrogen-bond acceptors (Lipinski definition) is 10. The Kier molecular flexibility index (Phi) is 20.7. The van der Waals surface area contributed by atoms with Crippen molar-refractivity contribution in [3.8, 4) is 11.5 Å². The van der Waals surface area contributed by atoms with Crippen LogP contribution in [-0.2, 0) is 24.5 Å². The fourth-order valence-electron chi connectivity index (χ4n) is 13.0. The van der Waals surface area contributed by atoms with Gasteiger partial charge >= 0.3 is 18.5 Å². The molecule has 0 bridgehead atoms. The van der Waals surface area contributed by atoms with E-state index in [1.807, 2.05) is 206 Å². The summed E-state index contributed by atoms with van der Waals surface area (Å²) in [7, 11) is 0. The summed E-state index contributed by atoms with van der Waals surface area (Å²) in [5, 5.41) is 12.5. The first-order valence-electron chi connectivity index (χ1n) is 34.7. The van der Waals surface area contributed by atoms with Crippen molar-refractivity contribution in [1.29, 1.82) is 0 Å². The molecule has 2 aromatic heterocycles. The number of aromatic nitrogens is 2. The van der Waals surface area contributed by atoms with Crippen molar-refractivity contribution in [2.75, 3.05) is 34.5 Å². The third-order valence-electron chi connectivity index (χ3n) is 18.0. The minimum absolute atomic E-state index is 0.0481. The van der Waals surface area contributed by atoms with Gasteiger partial charge < -0.3 is 40.7 Å². The van der Waals surface area contributed by atoms with E-state index in [4.69, 9.17) is 24.5 Å². The predicted molar refractivity (Wildman–Crippen MR) is 403 cm³/mol. The quantitative estimate of drug-likeness (QED) is 0.0331. The zero-order valence-corrected chi connectivity index (χ0v) is 57.7. The molecule has 6 heterocycles. The molecule has 108 heavy (non-hydrogen) atoms. The molecule has 14 rings (SSSR count). The molecule has 4 aliphatic rings. The van der Waals surface area contributed by atoms with Gasteiger partial charge in [0.2, 0.25) is 0 Å². The summed E-state index contributed by atoms with van der Waals surface area (Å²) in [6.07, 6.45) is -4.50. The molecule has 12 nitrogen and oxygen atoms in total. The number of rotatable bonds is 20. The summed E-state index contributed by atoms with van der Waals surface area (Å²) in [5.41, 5.74) is 8.14. The van der Waals surface area contributed by atoms with Crippen LogP contribution in [0.25, 0.3) is 22.3 Å². The summed E-state index contributed by atoms with van der Waals surface area (Å²) in [4.78, 5) is 27.0. The fraction of sp³-hybridized carbons (Fsp3) is 0.153. The molecule has 10 aromatic rings. The van der Waals surface area contributed by atoms with E-state index in [0.717, 1.165) is 91.1 Å². The van der Waals surface area contributed by atoms with E-state index in [-0.39, 0.29) is 17.6 Å². The summed E-state index contributed by atoms with van der Waals surface area (Å²) in [5.74, 6) is -0.425. The fourth-order valence-corrected chi connectivity index (χ4v) is 13.0. The lowest BCUT2D eigenvalue weighted by atomic mass is 9.99. The molecule has 23 heteroatoms. The molecular weight excluding hydrogens is 1400 g/mol. The molecule has 8 aromatic carbocycles. The minimum Gasteiger partial charge on any atom is -0.494 e. The molecule has 0 saturated carbocycles. The Balaban J connectivity index is 0.610. The Bertz CT molecular complexity index is 5260. The number of nitrogens with zero attached hydrogens (tertiary/aromatic N) is 4. The highest BCUT2D eigenvalue weighted by atomic mass is 19.4. The van der Waals surface area contributed by atoms with Crippen LogP contribution in [0.15, 0.2) is 298 Å². The zero-order valence-electron chi connectivity index (χ0n) is 57.7. The average Bonchev–Trinajstić information content (AvgIpc) is 1.57. The average molecular weight is 1470 g/mol. The number of hydrogen-bond donors (Lipinski definition) is 6. The molecular formula is C85H67F11N10O2. The van der Waals surface area contributed by atoms with Crippen LogP contribution < -0.4 is 30.7 Å². The molecule has 546 valence electrons. The van der Waals surface area contributed by atoms with Crippen molar-refractivity contribution < 1.29 is 57.8 Å². The molecule has 0 spiro atoms. The van der Waals surface area contributed by atoms with Crippen molar-refractivity contribution >= 4 is 68.4 Å². The first-order valence-corrected chi connectivity index (χ1v) is 34.7. The van der Waals surface area contributed by atoms with Crippen molar-refractivity contribution in [3.05, 3.63) is 345 Å². The Morgan fingerprint density at radius 1 is 0.343 bits per heavy atom. The number of allylic oxidation sites excluding steroid dienone is 4. The normalized spacial score (nSPS) is 16.4. The van der Waals surface area contributed by atoms with E-state index >= 15 is 0 Å². The van der Waals surface area contributed by atoms with Crippen LogP contribution in [0, 0.1) is 0 Å². The van der Waals surface area contributed by atoms with E-state index in [1.165, 1.54) is 6.08 Å². The Morgan fingerprint density at radius 2 is 0.685 bits per heavy atom. The summed E-state index contributed by atoms with van der Waals surface area (Å²) in [6, 6.07) is 65.3. The van der Waals surface area contributed by atoms with Crippen LogP contribution in [0.2, 0.25) is 0 Å². The molecule has 0 atom stereocenters. The van der Waals surface area contributed by atoms with E-state index in [0.29, 0.717) is 128 Å². The molecule has 0 saturated heterocycles. The first kappa shape index (κ1) is 72.4. The lowest BCUT2D eigenvalue weighted by Gasteiger charge is -2.17. The van der Waals surface area contributed by atoms with Gasteiger partial charge in [-0.1, -0.05) is 133 Å². The van der Waals surface area contributed by atoms with Crippen LogP contribution >= 0.6 is 0 Å². The van der Waals surface area contributed by atoms with Crippen molar-refractivity contribution in [1.82, 2.24) is 9.97 Å². The Labute approximate surface area is 614 Å². The number of H-pyrrole nitrogens is 2. The van der Waals surface area contributed by atoms with Gasteiger partial charge in [0.1, 0.15) is 34.8 Å². The van der Waals surface area contributed by atoms with Gasteiger partial charge in [-0.15, -0.1) is 0 Å². The third kappa shape index (κ3) is 17.4. The number of ether oxygens (including phenoxy) is 2. The molecule has 0 aliphatic carbocycles. The maximum absolute atomic E-state index is 14.4. The number of benzene rings is 8. The Hall–Kier alpha value is -12.5. The standard InChI is InChI=1S/C85H67F11N10O2/c1-82(86,87)56-44-57(83(88,89)90)47-62(46-56)99-76-40-36-72(105-76)80(54-22-10-4-11-23-54)68-32-30-66(101-68)78(52-18-6-2-7-19-52)70-34-38-74(103-70)97-60-26-16-28-64(50-60)107-42-14-15-43-108-65-29-17-27-61(51-65)98-75-39-35-71(104-75)79(53-20-8-3-9-21-53)67-31-33-69(102-67)81(55-24-12-5-13-25-55)73-37-41-77(106-73)100-63-48-58(84(91,92)93)45-59(49-63)85(94,95)96/h2-13,16-34,37-38,41,44-51,101-102H,14-15,35-36,39-40,42-43H2,1H3,(H,97,103)(H,98,104)(H,99,105)(H,100,106). The Morgan fingerprint density at radius 3 is 1.08 bits per heavy atom. The van der Waals surface area contributed by atoms with Gasteiger partial charge in [0.25, 0.3) is 5.92 Å². The van der Waals surface area contributed by atoms with Crippen molar-refractivity contribution in [2.45, 2.75) is 69.9 Å². The van der Waals surface area contributed by atoms with E-state index in [1.54, 1.807) is 6.08 Å². The number of nitrogens with one attached hydrogen (secondary N) is 6. The summed E-state index contributed by atoms with van der Waals surface area (Å²) < 4.78 is 166. The molecule has 0 fully saturated rings. The van der Waals surface area contributed by atoms with Gasteiger partial charge in [-0.25, -0.2) is 28.8 Å². The van der Waals surface area contributed by atoms with Crippen molar-refractivity contribution in [2.24, 2.45) is 20.0 Å². The highest BCUT2D eigenvalue weighted by molar-refractivity contribution is 6.09. The maximum atomic E-state index is 14.4. The second-order valence-corrected chi connectivity index (χ2v) is 25.9. The number of anilines is 4. The second kappa shape index (κ2) is 30.9. The molecule has 0 amide bonds. The third-order valence-corrected chi connectivity index (χ3v) is 18.0. The predicted octanol–water partition coefficient (Wildman–Crippen LogP) is 22.6. The van der Waals surface area contributed by atoms with Gasteiger partial charge in [0.15, 0.2) is 0 Å². The summed E-state index contributed by atoms with van der Waals surface area (Å²) >= 11 is 0. The van der Waals surface area contributed by atoms with Gasteiger partial charge in [-0.05, 0) is 157 Å². The molecule has 0 radical (unpaired) electrons. The van der Waals surface area contributed by atoms with Crippen molar-refractivity contribution in [3.63, 3.8) is 0 Å². The largest absolute Gasteiger partial charge is 0.494 e. The van der Waals surface area contributed by atoms with E-state index in [9.17, 15) is 48.3 Å². The zero-order chi connectivity index (χ0) is 75.2. The molecule has 4 aliphatic heterocycles. The van der Waals surface area contributed by atoms with Crippen LogP contribution in [0.5, 0.6) is 11.5 Å². The SMILES string of the molecule is CC(F)(F)c1cc(NC2=NC(=C(c3ccccc3)c3ccc(C(=C4C=CC(Nc5cccc(OCCCCOc6cccc(NC7=NC(=C(c8ccccc8)c8ccc(C(=C9C=CC(Nc%10cc(C(F)(F)F)cc(C(F)(F)F)c%10)=N9)c9ccccc9)[nH]8)CC7)c6)c5)=N4)c4ccccc4)[nH]3)CC2)cc(C(F)(F)F)c1. The highest BCUT2D eigenvalue weighted by Gasteiger charge is 2.38. The smallest absolute Gasteiger partial charge is 0.416 e. The van der Waals surface area contributed by atoms with Gasteiger partial charge in [-0.3, -0.25) is 0 Å². The first-order chi connectivity index (χ1) is 52.0. The topological polar surface area (TPSA) is 148 Å². The molecule has 6 N–H and O–H groups in total.